The van der Waals surface area contributed by atoms with E-state index in [1.807, 2.05) is 0 Å². The van der Waals surface area contributed by atoms with Crippen molar-refractivity contribution in [3.05, 3.63) is 39.7 Å². The number of aliphatic carboxylic acids is 1. The van der Waals surface area contributed by atoms with Gasteiger partial charge in [-0.05, 0) is 19.1 Å². The van der Waals surface area contributed by atoms with Gasteiger partial charge < -0.3 is 10.4 Å². The molecule has 0 saturated carbocycles. The highest BCUT2D eigenvalue weighted by Crippen LogP contribution is 2.17. The Labute approximate surface area is 100 Å². The molecule has 1 amide bonds. The van der Waals surface area contributed by atoms with Crippen molar-refractivity contribution in [2.75, 3.05) is 0 Å². The number of amides is 1. The zero-order valence-electron chi connectivity index (χ0n) is 9.21. The molecule has 7 nitrogen and oxygen atoms in total. The van der Waals surface area contributed by atoms with Crippen LogP contribution in [0.15, 0.2) is 18.2 Å². The molecule has 8 heteroatoms. The maximum Gasteiger partial charge on any atom is 0.325 e. The Morgan fingerprint density at radius 3 is 2.56 bits per heavy atom. The van der Waals surface area contributed by atoms with Gasteiger partial charge in [-0.3, -0.25) is 19.7 Å². The molecule has 0 fully saturated rings. The van der Waals surface area contributed by atoms with Crippen LogP contribution in [0.1, 0.15) is 17.3 Å². The van der Waals surface area contributed by atoms with Crippen LogP contribution in [0.4, 0.5) is 10.1 Å². The van der Waals surface area contributed by atoms with Crippen LogP contribution in [0.3, 0.4) is 0 Å². The zero-order chi connectivity index (χ0) is 13.9. The van der Waals surface area contributed by atoms with Gasteiger partial charge in [0, 0.05) is 11.6 Å². The monoisotopic (exact) mass is 256 g/mol. The Hall–Kier alpha value is -2.51. The van der Waals surface area contributed by atoms with Crippen LogP contribution in [0.2, 0.25) is 0 Å². The molecule has 0 aliphatic rings. The number of nitrogens with one attached hydrogen (secondary N) is 1. The van der Waals surface area contributed by atoms with E-state index < -0.39 is 34.3 Å². The van der Waals surface area contributed by atoms with E-state index in [0.29, 0.717) is 6.07 Å². The van der Waals surface area contributed by atoms with Crippen molar-refractivity contribution in [2.24, 2.45) is 0 Å². The summed E-state index contributed by atoms with van der Waals surface area (Å²) in [5.74, 6) is -3.22. The molecule has 18 heavy (non-hydrogen) atoms. The van der Waals surface area contributed by atoms with E-state index in [1.165, 1.54) is 6.92 Å². The number of carbonyl (C=O) groups is 2. The molecular formula is C10H9FN2O5. The van der Waals surface area contributed by atoms with Crippen molar-refractivity contribution < 1.29 is 24.0 Å². The molecule has 0 aromatic heterocycles. The van der Waals surface area contributed by atoms with Crippen molar-refractivity contribution in [1.82, 2.24) is 5.32 Å². The van der Waals surface area contributed by atoms with Crippen LogP contribution in [0.5, 0.6) is 0 Å². The van der Waals surface area contributed by atoms with Gasteiger partial charge in [-0.2, -0.15) is 4.39 Å². The number of benzene rings is 1. The molecule has 0 aliphatic heterocycles. The molecule has 0 unspecified atom stereocenters. The third kappa shape index (κ3) is 3.00. The van der Waals surface area contributed by atoms with E-state index in [9.17, 15) is 24.1 Å². The minimum Gasteiger partial charge on any atom is -0.480 e. The lowest BCUT2D eigenvalue weighted by Gasteiger charge is -2.09. The van der Waals surface area contributed by atoms with Crippen LogP contribution in [-0.4, -0.2) is 27.9 Å². The van der Waals surface area contributed by atoms with Crippen LogP contribution in [0.25, 0.3) is 0 Å². The lowest BCUT2D eigenvalue weighted by molar-refractivity contribution is -0.387. The Morgan fingerprint density at radius 2 is 2.11 bits per heavy atom. The van der Waals surface area contributed by atoms with Gasteiger partial charge in [0.2, 0.25) is 5.82 Å². The molecular weight excluding hydrogens is 247 g/mol. The molecule has 1 aromatic carbocycles. The van der Waals surface area contributed by atoms with E-state index in [0.717, 1.165) is 12.1 Å². The summed E-state index contributed by atoms with van der Waals surface area (Å²) < 4.78 is 13.2. The topological polar surface area (TPSA) is 110 Å². The van der Waals surface area contributed by atoms with E-state index >= 15 is 0 Å². The molecule has 0 bridgehead atoms. The van der Waals surface area contributed by atoms with Crippen LogP contribution in [0, 0.1) is 15.9 Å². The number of hydrogen-bond acceptors (Lipinski definition) is 4. The first-order valence-electron chi connectivity index (χ1n) is 4.80. The average molecular weight is 256 g/mol. The van der Waals surface area contributed by atoms with Crippen molar-refractivity contribution in [2.45, 2.75) is 13.0 Å². The number of hydrogen-bond donors (Lipinski definition) is 2. The maximum absolute atomic E-state index is 13.2. The molecule has 96 valence electrons. The number of halogens is 1. The van der Waals surface area contributed by atoms with E-state index in [1.54, 1.807) is 0 Å². The molecule has 0 radical (unpaired) electrons. The minimum absolute atomic E-state index is 0.189. The van der Waals surface area contributed by atoms with Gasteiger partial charge >= 0.3 is 11.7 Å². The van der Waals surface area contributed by atoms with Gasteiger partial charge in [0.1, 0.15) is 6.04 Å². The van der Waals surface area contributed by atoms with Gasteiger partial charge in [0.25, 0.3) is 5.91 Å². The van der Waals surface area contributed by atoms with Crippen LogP contribution < -0.4 is 5.32 Å². The largest absolute Gasteiger partial charge is 0.480 e. The second-order valence-electron chi connectivity index (χ2n) is 3.46. The number of carboxylic acid groups (broad SMARTS) is 1. The highest BCUT2D eigenvalue weighted by Gasteiger charge is 2.19. The van der Waals surface area contributed by atoms with Gasteiger partial charge in [-0.15, -0.1) is 0 Å². The fourth-order valence-corrected chi connectivity index (χ4v) is 1.14. The molecule has 0 saturated heterocycles. The summed E-state index contributed by atoms with van der Waals surface area (Å²) in [6, 6.07) is 1.43. The second-order valence-corrected chi connectivity index (χ2v) is 3.46. The fraction of sp³-hybridized carbons (Fsp3) is 0.200. The van der Waals surface area contributed by atoms with E-state index in [-0.39, 0.29) is 5.56 Å². The maximum atomic E-state index is 13.2. The second kappa shape index (κ2) is 5.21. The molecule has 1 rings (SSSR count). The highest BCUT2D eigenvalue weighted by molar-refractivity contribution is 5.96. The van der Waals surface area contributed by atoms with Gasteiger partial charge in [-0.1, -0.05) is 0 Å². The fourth-order valence-electron chi connectivity index (χ4n) is 1.14. The first-order valence-corrected chi connectivity index (χ1v) is 4.80. The summed E-state index contributed by atoms with van der Waals surface area (Å²) in [5, 5.41) is 21.0. The number of rotatable bonds is 4. The van der Waals surface area contributed by atoms with Crippen LogP contribution in [-0.2, 0) is 4.79 Å². The van der Waals surface area contributed by atoms with Crippen LogP contribution >= 0.6 is 0 Å². The highest BCUT2D eigenvalue weighted by atomic mass is 19.1. The molecule has 1 aromatic rings. The lowest BCUT2D eigenvalue weighted by Crippen LogP contribution is -2.38. The molecule has 0 spiro atoms. The van der Waals surface area contributed by atoms with Gasteiger partial charge in [0.05, 0.1) is 4.92 Å². The van der Waals surface area contributed by atoms with Gasteiger partial charge in [-0.25, -0.2) is 0 Å². The standard InChI is InChI=1S/C10H9FN2O5/c1-5(10(15)16)12-9(14)6-2-3-8(13(17)18)7(11)4-6/h2-5H,1H3,(H,12,14)(H,15,16)/t5-/m1/s1. The van der Waals surface area contributed by atoms with E-state index in [4.69, 9.17) is 5.11 Å². The first-order chi connectivity index (χ1) is 8.32. The Bertz CT molecular complexity index is 517. The average Bonchev–Trinajstić information content (AvgIpc) is 2.27. The van der Waals surface area contributed by atoms with Crippen molar-refractivity contribution in [3.8, 4) is 0 Å². The summed E-state index contributed by atoms with van der Waals surface area (Å²) in [6.45, 7) is 1.24. The predicted molar refractivity (Wildman–Crippen MR) is 57.6 cm³/mol. The normalized spacial score (nSPS) is 11.7. The predicted octanol–water partition coefficient (Wildman–Crippen LogP) is 0.937. The third-order valence-electron chi connectivity index (χ3n) is 2.12. The Balaban J connectivity index is 2.91. The number of nitro groups is 1. The SMILES string of the molecule is C[C@@H](NC(=O)c1ccc([N+](=O)[O-])c(F)c1)C(=O)O. The number of nitrogens with zero attached hydrogens (tertiary/aromatic N) is 1. The quantitative estimate of drug-likeness (QED) is 0.615. The number of carboxylic acids is 1. The summed E-state index contributed by atoms with van der Waals surface area (Å²) in [5.41, 5.74) is -0.941. The van der Waals surface area contributed by atoms with Crippen molar-refractivity contribution in [3.63, 3.8) is 0 Å². The summed E-state index contributed by atoms with van der Waals surface area (Å²) in [7, 11) is 0. The smallest absolute Gasteiger partial charge is 0.325 e. The summed E-state index contributed by atoms with van der Waals surface area (Å²) in [4.78, 5) is 31.4. The molecule has 0 aliphatic carbocycles. The lowest BCUT2D eigenvalue weighted by atomic mass is 10.1. The first kappa shape index (κ1) is 13.6. The molecule has 1 atom stereocenters. The number of nitro benzene ring substituents is 1. The van der Waals surface area contributed by atoms with Crippen molar-refractivity contribution >= 4 is 17.6 Å². The van der Waals surface area contributed by atoms with Gasteiger partial charge in [0.15, 0.2) is 0 Å². The zero-order valence-corrected chi connectivity index (χ0v) is 9.21. The Morgan fingerprint density at radius 1 is 1.50 bits per heavy atom. The molecule has 2 N–H and O–H groups in total. The third-order valence-corrected chi connectivity index (χ3v) is 2.12. The summed E-state index contributed by atoms with van der Waals surface area (Å²) in [6.07, 6.45) is 0. The van der Waals surface area contributed by atoms with Crippen molar-refractivity contribution in [1.29, 1.82) is 0 Å². The minimum atomic E-state index is -1.24. The van der Waals surface area contributed by atoms with E-state index in [2.05, 4.69) is 5.32 Å². The molecule has 0 heterocycles. The summed E-state index contributed by atoms with van der Waals surface area (Å²) >= 11 is 0. The number of carbonyl (C=O) groups excluding carboxylic acids is 1. The Kier molecular flexibility index (Phi) is 3.93.